The number of anilines is 1. The van der Waals surface area contributed by atoms with Gasteiger partial charge in [0.2, 0.25) is 10.0 Å². The molecule has 0 spiro atoms. The van der Waals surface area contributed by atoms with Crippen molar-refractivity contribution in [3.05, 3.63) is 41.4 Å². The topological polar surface area (TPSA) is 93.1 Å². The first-order chi connectivity index (χ1) is 11.9. The number of sulfonamides is 1. The SMILES string of the molecule is CC(NS(=O)(=O)c1cn(C)c(C(=O)Nc2cccnc2)c1Cl)C(F)(F)F. The molecular formula is C14H14ClF3N4O3S. The number of halogens is 4. The molecule has 0 saturated carbocycles. The predicted molar refractivity (Wildman–Crippen MR) is 88.5 cm³/mol. The number of hydrogen-bond acceptors (Lipinski definition) is 4. The molecule has 2 aromatic heterocycles. The molecule has 0 saturated heterocycles. The molecule has 26 heavy (non-hydrogen) atoms. The fraction of sp³-hybridized carbons (Fsp3) is 0.286. The maximum atomic E-state index is 12.6. The third kappa shape index (κ3) is 4.34. The molecule has 1 unspecified atom stereocenters. The van der Waals surface area contributed by atoms with Gasteiger partial charge in [0.05, 0.1) is 16.9 Å². The summed E-state index contributed by atoms with van der Waals surface area (Å²) in [6, 6.07) is 0.795. The van der Waals surface area contributed by atoms with E-state index in [1.165, 1.54) is 24.2 Å². The van der Waals surface area contributed by atoms with Gasteiger partial charge in [0, 0.05) is 19.4 Å². The van der Waals surface area contributed by atoms with Crippen LogP contribution in [0.1, 0.15) is 17.4 Å². The summed E-state index contributed by atoms with van der Waals surface area (Å²) >= 11 is 5.98. The standard InChI is InChI=1S/C14H14ClF3N4O3S/c1-8(14(16,17)18)21-26(24,25)10-7-22(2)12(11(10)15)13(23)20-9-4-3-5-19-6-9/h3-8,21H,1-2H3,(H,20,23). The predicted octanol–water partition coefficient (Wildman–Crippen LogP) is 2.55. The molecule has 0 radical (unpaired) electrons. The van der Waals surface area contributed by atoms with Gasteiger partial charge in [0.1, 0.15) is 16.6 Å². The zero-order valence-corrected chi connectivity index (χ0v) is 15.1. The van der Waals surface area contributed by atoms with Crippen LogP contribution in [-0.2, 0) is 17.1 Å². The van der Waals surface area contributed by atoms with E-state index in [4.69, 9.17) is 11.6 Å². The molecule has 2 heterocycles. The third-order valence-corrected chi connectivity index (χ3v) is 5.38. The molecule has 1 amide bonds. The highest BCUT2D eigenvalue weighted by atomic mass is 35.5. The normalized spacial score (nSPS) is 13.5. The van der Waals surface area contributed by atoms with Crippen LogP contribution in [0.5, 0.6) is 0 Å². The number of aromatic nitrogens is 2. The first kappa shape index (κ1) is 20.2. The Morgan fingerprint density at radius 3 is 2.58 bits per heavy atom. The van der Waals surface area contributed by atoms with Crippen molar-refractivity contribution in [2.24, 2.45) is 7.05 Å². The fourth-order valence-electron chi connectivity index (χ4n) is 2.01. The van der Waals surface area contributed by atoms with Crippen molar-refractivity contribution in [3.63, 3.8) is 0 Å². The van der Waals surface area contributed by atoms with E-state index >= 15 is 0 Å². The highest BCUT2D eigenvalue weighted by Gasteiger charge is 2.40. The molecule has 0 aliphatic heterocycles. The van der Waals surface area contributed by atoms with Crippen LogP contribution in [-0.4, -0.2) is 36.1 Å². The van der Waals surface area contributed by atoms with Crippen LogP contribution in [0, 0.1) is 0 Å². The highest BCUT2D eigenvalue weighted by molar-refractivity contribution is 7.89. The summed E-state index contributed by atoms with van der Waals surface area (Å²) in [5.74, 6) is -0.740. The van der Waals surface area contributed by atoms with Crippen LogP contribution >= 0.6 is 11.6 Å². The van der Waals surface area contributed by atoms with Crippen LogP contribution in [0.25, 0.3) is 0 Å². The van der Waals surface area contributed by atoms with Crippen LogP contribution < -0.4 is 10.0 Å². The summed E-state index contributed by atoms with van der Waals surface area (Å²) in [5, 5.41) is 1.98. The molecule has 12 heteroatoms. The van der Waals surface area contributed by atoms with E-state index in [-0.39, 0.29) is 5.69 Å². The molecule has 0 aromatic carbocycles. The zero-order chi connectivity index (χ0) is 19.7. The summed E-state index contributed by atoms with van der Waals surface area (Å²) in [6.07, 6.45) is -0.955. The van der Waals surface area contributed by atoms with Gasteiger partial charge in [0.25, 0.3) is 5.91 Å². The lowest BCUT2D eigenvalue weighted by molar-refractivity contribution is -0.147. The Balaban J connectivity index is 2.33. The van der Waals surface area contributed by atoms with Gasteiger partial charge < -0.3 is 9.88 Å². The number of carbonyl (C=O) groups excluding carboxylic acids is 1. The minimum atomic E-state index is -4.77. The summed E-state index contributed by atoms with van der Waals surface area (Å²) in [5.41, 5.74) is 0.110. The number of nitrogens with zero attached hydrogens (tertiary/aromatic N) is 2. The third-order valence-electron chi connectivity index (χ3n) is 3.33. The molecule has 0 fully saturated rings. The summed E-state index contributed by atoms with van der Waals surface area (Å²) in [7, 11) is -3.25. The molecule has 0 aliphatic rings. The maximum absolute atomic E-state index is 12.6. The van der Waals surface area contributed by atoms with Crippen LogP contribution in [0.2, 0.25) is 5.02 Å². The number of hydrogen-bond donors (Lipinski definition) is 2. The Labute approximate surface area is 152 Å². The van der Waals surface area contributed by atoms with Crippen molar-refractivity contribution in [3.8, 4) is 0 Å². The average molecular weight is 411 g/mol. The number of nitrogens with one attached hydrogen (secondary N) is 2. The Bertz CT molecular complexity index is 914. The van der Waals surface area contributed by atoms with Gasteiger partial charge in [-0.25, -0.2) is 8.42 Å². The largest absolute Gasteiger partial charge is 0.404 e. The smallest absolute Gasteiger partial charge is 0.344 e. The number of carbonyl (C=O) groups is 1. The second-order valence-electron chi connectivity index (χ2n) is 5.35. The van der Waals surface area contributed by atoms with Crippen molar-refractivity contribution in [2.75, 3.05) is 5.32 Å². The van der Waals surface area contributed by atoms with Gasteiger partial charge in [-0.2, -0.15) is 17.9 Å². The summed E-state index contributed by atoms with van der Waals surface area (Å²) < 4.78 is 64.9. The van der Waals surface area contributed by atoms with E-state index in [1.54, 1.807) is 12.1 Å². The number of amides is 1. The highest BCUT2D eigenvalue weighted by Crippen LogP contribution is 2.29. The molecule has 7 nitrogen and oxygen atoms in total. The number of pyridine rings is 1. The van der Waals surface area contributed by atoms with Gasteiger partial charge in [-0.05, 0) is 19.1 Å². The second-order valence-corrected chi connectivity index (χ2v) is 7.41. The van der Waals surface area contributed by atoms with E-state index in [2.05, 4.69) is 10.3 Å². The summed E-state index contributed by atoms with van der Waals surface area (Å²) in [4.78, 5) is 15.5. The van der Waals surface area contributed by atoms with Gasteiger partial charge in [-0.1, -0.05) is 11.6 Å². The van der Waals surface area contributed by atoms with E-state index in [9.17, 15) is 26.4 Å². The van der Waals surface area contributed by atoms with Crippen molar-refractivity contribution in [1.82, 2.24) is 14.3 Å². The molecule has 0 bridgehead atoms. The van der Waals surface area contributed by atoms with E-state index < -0.39 is 38.1 Å². The molecule has 142 valence electrons. The lowest BCUT2D eigenvalue weighted by atomic mass is 10.3. The van der Waals surface area contributed by atoms with Gasteiger partial charge in [-0.15, -0.1) is 0 Å². The average Bonchev–Trinajstić information content (AvgIpc) is 2.82. The molecule has 2 N–H and O–H groups in total. The van der Waals surface area contributed by atoms with Crippen molar-refractivity contribution in [2.45, 2.75) is 24.0 Å². The lowest BCUT2D eigenvalue weighted by Gasteiger charge is -2.16. The lowest BCUT2D eigenvalue weighted by Crippen LogP contribution is -2.42. The minimum absolute atomic E-state index is 0.226. The maximum Gasteiger partial charge on any atom is 0.404 e. The number of aryl methyl sites for hydroxylation is 1. The monoisotopic (exact) mass is 410 g/mol. The van der Waals surface area contributed by atoms with Crippen molar-refractivity contribution >= 4 is 33.2 Å². The van der Waals surface area contributed by atoms with E-state index in [1.807, 2.05) is 0 Å². The van der Waals surface area contributed by atoms with E-state index in [0.717, 1.165) is 10.8 Å². The van der Waals surface area contributed by atoms with Crippen LogP contribution in [0.15, 0.2) is 35.6 Å². The van der Waals surface area contributed by atoms with E-state index in [0.29, 0.717) is 12.6 Å². The Morgan fingerprint density at radius 2 is 2.04 bits per heavy atom. The van der Waals surface area contributed by atoms with Crippen molar-refractivity contribution < 1.29 is 26.4 Å². The Morgan fingerprint density at radius 1 is 1.38 bits per heavy atom. The van der Waals surface area contributed by atoms with Gasteiger partial charge >= 0.3 is 6.18 Å². The number of alkyl halides is 3. The van der Waals surface area contributed by atoms with Crippen molar-refractivity contribution in [1.29, 1.82) is 0 Å². The zero-order valence-electron chi connectivity index (χ0n) is 13.5. The first-order valence-electron chi connectivity index (χ1n) is 7.08. The Hall–Kier alpha value is -2.11. The van der Waals surface area contributed by atoms with Crippen LogP contribution in [0.4, 0.5) is 18.9 Å². The van der Waals surface area contributed by atoms with Gasteiger partial charge in [-0.3, -0.25) is 9.78 Å². The minimum Gasteiger partial charge on any atom is -0.344 e. The fourth-order valence-corrected chi connectivity index (χ4v) is 3.93. The number of rotatable bonds is 5. The quantitative estimate of drug-likeness (QED) is 0.792. The second kappa shape index (κ2) is 7.25. The molecule has 0 aliphatic carbocycles. The van der Waals surface area contributed by atoms with Gasteiger partial charge in [0.15, 0.2) is 0 Å². The van der Waals surface area contributed by atoms with Crippen LogP contribution in [0.3, 0.4) is 0 Å². The molecule has 2 rings (SSSR count). The molecule has 1 atom stereocenters. The summed E-state index contributed by atoms with van der Waals surface area (Å²) in [6.45, 7) is 0.657. The first-order valence-corrected chi connectivity index (χ1v) is 8.95. The molecule has 2 aromatic rings. The molecular weight excluding hydrogens is 397 g/mol. The Kier molecular flexibility index (Phi) is 5.64.